The van der Waals surface area contributed by atoms with Crippen LogP contribution in [0.3, 0.4) is 0 Å². The number of aryl methyl sites for hydroxylation is 1. The molecule has 0 unspecified atom stereocenters. The van der Waals surface area contributed by atoms with Crippen molar-refractivity contribution in [3.63, 3.8) is 0 Å². The second-order valence-electron chi connectivity index (χ2n) is 9.33. The van der Waals surface area contributed by atoms with Crippen molar-refractivity contribution in [3.05, 3.63) is 81.7 Å². The van der Waals surface area contributed by atoms with Gasteiger partial charge in [0.05, 0.1) is 28.1 Å². The van der Waals surface area contributed by atoms with E-state index in [2.05, 4.69) is 10.1 Å². The van der Waals surface area contributed by atoms with Crippen molar-refractivity contribution in [1.82, 2.24) is 10.1 Å². The second-order valence-corrected chi connectivity index (χ2v) is 11.7. The van der Waals surface area contributed by atoms with Gasteiger partial charge >= 0.3 is 5.97 Å². The minimum absolute atomic E-state index is 0.00494. The fourth-order valence-electron chi connectivity index (χ4n) is 4.51. The van der Waals surface area contributed by atoms with Crippen LogP contribution in [-0.2, 0) is 22.2 Å². The molecule has 6 rings (SSSR count). The zero-order valence-corrected chi connectivity index (χ0v) is 21.7. The largest absolute Gasteiger partial charge is 0.478 e. The van der Waals surface area contributed by atoms with E-state index in [4.69, 9.17) is 25.6 Å². The summed E-state index contributed by atoms with van der Waals surface area (Å²) in [5, 5.41) is 14.1. The molecule has 1 fully saturated rings. The molecular formula is C27H21ClN2O7S. The Bertz CT molecular complexity index is 1690. The zero-order valence-electron chi connectivity index (χ0n) is 20.1. The van der Waals surface area contributed by atoms with Crippen LogP contribution in [0.25, 0.3) is 11.3 Å². The van der Waals surface area contributed by atoms with Gasteiger partial charge in [-0.1, -0.05) is 35.0 Å². The van der Waals surface area contributed by atoms with E-state index in [0.717, 1.165) is 35.3 Å². The minimum atomic E-state index is -3.83. The van der Waals surface area contributed by atoms with Crippen molar-refractivity contribution in [2.75, 3.05) is 0 Å². The summed E-state index contributed by atoms with van der Waals surface area (Å²) in [5.41, 5.74) is 3.37. The summed E-state index contributed by atoms with van der Waals surface area (Å²) in [4.78, 5) is 15.5. The normalized spacial score (nSPS) is 15.6. The van der Waals surface area contributed by atoms with Crippen molar-refractivity contribution < 1.29 is 32.3 Å². The van der Waals surface area contributed by atoms with Crippen molar-refractivity contribution in [1.29, 1.82) is 0 Å². The predicted molar refractivity (Wildman–Crippen MR) is 137 cm³/mol. The zero-order chi connectivity index (χ0) is 26.6. The van der Waals surface area contributed by atoms with Crippen molar-refractivity contribution in [2.45, 2.75) is 42.9 Å². The van der Waals surface area contributed by atoms with Crippen molar-refractivity contribution in [3.8, 4) is 28.6 Å². The van der Waals surface area contributed by atoms with Crippen LogP contribution in [0.2, 0.25) is 5.02 Å². The van der Waals surface area contributed by atoms with E-state index < -0.39 is 15.8 Å². The smallest absolute Gasteiger partial charge is 0.335 e. The molecule has 1 saturated carbocycles. The first-order chi connectivity index (χ1) is 18.2. The van der Waals surface area contributed by atoms with Gasteiger partial charge in [0.2, 0.25) is 5.88 Å². The molecule has 0 bridgehead atoms. The molecule has 2 aromatic carbocycles. The summed E-state index contributed by atoms with van der Waals surface area (Å²) in [7, 11) is -3.83. The number of fused-ring (bicyclic) bond motifs is 2. The van der Waals surface area contributed by atoms with Gasteiger partial charge < -0.3 is 19.1 Å². The molecule has 1 N–H and O–H groups in total. The van der Waals surface area contributed by atoms with E-state index in [9.17, 15) is 18.3 Å². The number of rotatable bonds is 6. The maximum Gasteiger partial charge on any atom is 0.335 e. The fraction of sp³-hybridized carbons (Fsp3) is 0.222. The Morgan fingerprint density at radius 3 is 2.74 bits per heavy atom. The number of hydrogen-bond donors (Lipinski definition) is 1. The van der Waals surface area contributed by atoms with Crippen LogP contribution < -0.4 is 9.47 Å². The van der Waals surface area contributed by atoms with Crippen LogP contribution in [-0.4, -0.2) is 29.6 Å². The number of aromatic carboxylic acids is 1. The molecule has 9 nitrogen and oxygen atoms in total. The van der Waals surface area contributed by atoms with E-state index in [1.54, 1.807) is 6.07 Å². The maximum absolute atomic E-state index is 13.2. The number of ether oxygens (including phenoxy) is 2. The van der Waals surface area contributed by atoms with E-state index in [1.165, 1.54) is 30.5 Å². The Kier molecular flexibility index (Phi) is 5.88. The minimum Gasteiger partial charge on any atom is -0.478 e. The number of carboxylic acid groups (broad SMARTS) is 1. The Hall–Kier alpha value is -3.89. The SMILES string of the molecule is Cc1cccc(Cl)c1-c1noc(C2CC2)c1COc1cc2c(cn1)Oc1cc(C(=O)O)ccc1CS2(=O)=O. The van der Waals surface area contributed by atoms with Gasteiger partial charge in [0.25, 0.3) is 0 Å². The summed E-state index contributed by atoms with van der Waals surface area (Å²) in [5.74, 6) is -0.285. The molecule has 0 amide bonds. The van der Waals surface area contributed by atoms with Crippen LogP contribution in [0.4, 0.5) is 0 Å². The Morgan fingerprint density at radius 2 is 2.00 bits per heavy atom. The molecule has 0 spiro atoms. The molecule has 194 valence electrons. The first-order valence-electron chi connectivity index (χ1n) is 11.8. The second kappa shape index (κ2) is 9.14. The van der Waals surface area contributed by atoms with Gasteiger partial charge in [-0.05, 0) is 43.5 Å². The lowest BCUT2D eigenvalue weighted by Gasteiger charge is -2.12. The standard InChI is InChI=1S/C27H21ClN2O7S/c1-14-3-2-4-19(28)24(14)25-18(26(37-30-25)15-5-6-15)12-35-23-10-22-21(11-29-23)36-20-9-16(27(31)32)7-8-17(20)13-38(22,33)34/h2-4,7-11,15H,5-6,12-13H2,1H3,(H,31,32). The summed E-state index contributed by atoms with van der Waals surface area (Å²) in [6.45, 7) is 1.98. The average molecular weight is 553 g/mol. The highest BCUT2D eigenvalue weighted by atomic mass is 35.5. The van der Waals surface area contributed by atoms with Gasteiger partial charge in [-0.25, -0.2) is 18.2 Å². The lowest BCUT2D eigenvalue weighted by atomic mass is 10.0. The van der Waals surface area contributed by atoms with Gasteiger partial charge in [0, 0.05) is 23.1 Å². The number of aromatic nitrogens is 2. The molecule has 2 aromatic heterocycles. The number of carboxylic acids is 1. The van der Waals surface area contributed by atoms with Crippen molar-refractivity contribution >= 4 is 27.4 Å². The summed E-state index contributed by atoms with van der Waals surface area (Å²) in [6.07, 6.45) is 3.24. The van der Waals surface area contributed by atoms with Gasteiger partial charge in [0.1, 0.15) is 28.7 Å². The highest BCUT2D eigenvalue weighted by Crippen LogP contribution is 2.46. The molecule has 38 heavy (non-hydrogen) atoms. The highest BCUT2D eigenvalue weighted by molar-refractivity contribution is 7.90. The Labute approximate surface area is 222 Å². The molecular weight excluding hydrogens is 532 g/mol. The van der Waals surface area contributed by atoms with Crippen LogP contribution in [0.15, 0.2) is 58.1 Å². The van der Waals surface area contributed by atoms with E-state index in [-0.39, 0.29) is 46.1 Å². The van der Waals surface area contributed by atoms with Gasteiger partial charge in [0.15, 0.2) is 15.6 Å². The number of benzene rings is 2. The average Bonchev–Trinajstić information content (AvgIpc) is 3.65. The van der Waals surface area contributed by atoms with Crippen LogP contribution in [0.1, 0.15) is 51.6 Å². The van der Waals surface area contributed by atoms with Gasteiger partial charge in [-0.2, -0.15) is 0 Å². The third kappa shape index (κ3) is 4.39. The summed E-state index contributed by atoms with van der Waals surface area (Å²) >= 11 is 6.50. The van der Waals surface area contributed by atoms with Crippen LogP contribution in [0.5, 0.6) is 17.4 Å². The first kappa shape index (κ1) is 24.4. The van der Waals surface area contributed by atoms with E-state index in [0.29, 0.717) is 16.3 Å². The topological polar surface area (TPSA) is 129 Å². The van der Waals surface area contributed by atoms with Gasteiger partial charge in [-0.15, -0.1) is 0 Å². The molecule has 4 aromatic rings. The quantitative estimate of drug-likeness (QED) is 0.309. The number of carbonyl (C=O) groups is 1. The molecule has 1 aliphatic heterocycles. The summed E-state index contributed by atoms with van der Waals surface area (Å²) in [6, 6.07) is 11.0. The monoisotopic (exact) mass is 552 g/mol. The van der Waals surface area contributed by atoms with E-state index in [1.807, 2.05) is 19.1 Å². The number of pyridine rings is 1. The molecule has 0 atom stereocenters. The third-order valence-electron chi connectivity index (χ3n) is 6.61. The molecule has 11 heteroatoms. The number of hydrogen-bond acceptors (Lipinski definition) is 8. The lowest BCUT2D eigenvalue weighted by molar-refractivity contribution is 0.0696. The molecule has 0 radical (unpaired) electrons. The van der Waals surface area contributed by atoms with Crippen LogP contribution >= 0.6 is 11.6 Å². The maximum atomic E-state index is 13.2. The number of nitrogens with zero attached hydrogens (tertiary/aromatic N) is 2. The molecule has 0 saturated heterocycles. The molecule has 1 aliphatic carbocycles. The van der Waals surface area contributed by atoms with Crippen molar-refractivity contribution in [2.24, 2.45) is 0 Å². The lowest BCUT2D eigenvalue weighted by Crippen LogP contribution is -2.06. The first-order valence-corrected chi connectivity index (χ1v) is 13.9. The summed E-state index contributed by atoms with van der Waals surface area (Å²) < 4.78 is 43.9. The molecule has 2 aliphatic rings. The van der Waals surface area contributed by atoms with Gasteiger partial charge in [-0.3, -0.25) is 0 Å². The molecule has 3 heterocycles. The predicted octanol–water partition coefficient (Wildman–Crippen LogP) is 5.93. The fourth-order valence-corrected chi connectivity index (χ4v) is 6.31. The van der Waals surface area contributed by atoms with Crippen LogP contribution in [0, 0.1) is 6.92 Å². The Morgan fingerprint density at radius 1 is 1.18 bits per heavy atom. The highest BCUT2D eigenvalue weighted by Gasteiger charge is 2.34. The number of sulfone groups is 1. The third-order valence-corrected chi connectivity index (χ3v) is 8.61. The number of halogens is 1. The van der Waals surface area contributed by atoms with E-state index >= 15 is 0 Å². The Balaban J connectivity index is 1.33.